The van der Waals surface area contributed by atoms with Crippen molar-refractivity contribution in [3.8, 4) is 21.9 Å². The number of amides is 1. The Kier molecular flexibility index (Phi) is 8.38. The van der Waals surface area contributed by atoms with Gasteiger partial charge in [0.1, 0.15) is 5.60 Å². The highest BCUT2D eigenvalue weighted by Crippen LogP contribution is 2.33. The number of rotatable bonds is 8. The molecule has 1 amide bonds. The minimum atomic E-state index is -0.618. The summed E-state index contributed by atoms with van der Waals surface area (Å²) < 4.78 is 16.3. The number of likely N-dealkylation sites (tertiary alicyclic amines) is 1. The number of hydrogen-bond acceptors (Lipinski definition) is 7. The first kappa shape index (κ1) is 27.7. The molecule has 1 aromatic heterocycles. The second-order valence-corrected chi connectivity index (χ2v) is 11.9. The van der Waals surface area contributed by atoms with Gasteiger partial charge in [-0.3, -0.25) is 15.0 Å². The lowest BCUT2D eigenvalue weighted by Gasteiger charge is -2.20. The van der Waals surface area contributed by atoms with E-state index in [0.717, 1.165) is 53.6 Å². The van der Waals surface area contributed by atoms with Gasteiger partial charge in [-0.1, -0.05) is 35.9 Å². The number of nitrogens with zero attached hydrogens (tertiary/aromatic N) is 1. The monoisotopic (exact) mass is 558 g/mol. The molecule has 0 bridgehead atoms. The summed E-state index contributed by atoms with van der Waals surface area (Å²) in [6.45, 7) is 8.40. The van der Waals surface area contributed by atoms with E-state index in [-0.39, 0.29) is 19.0 Å². The van der Waals surface area contributed by atoms with Gasteiger partial charge in [0.05, 0.1) is 0 Å². The molecule has 40 heavy (non-hydrogen) atoms. The zero-order valence-corrected chi connectivity index (χ0v) is 23.9. The van der Waals surface area contributed by atoms with Crippen molar-refractivity contribution >= 4 is 28.9 Å². The number of anilines is 1. The van der Waals surface area contributed by atoms with Crippen LogP contribution in [0.4, 0.5) is 10.5 Å². The Balaban J connectivity index is 1.21. The standard InChI is InChI=1S/C32H34N2O5S/c1-32(2,3)39-31(36)33-27-11-10-24(30-8-5-15-40-30)17-25(27)18-26(35)7-4-6-22-13-14-34(19-22)20-23-9-12-28-29(16-23)38-21-37-28/h4-12,15-17H,13-14,18-21H2,1-3H3,(H,33,36)/b7-4+,22-6?. The van der Waals surface area contributed by atoms with Crippen LogP contribution in [0.2, 0.25) is 0 Å². The van der Waals surface area contributed by atoms with Crippen molar-refractivity contribution in [2.75, 3.05) is 25.2 Å². The van der Waals surface area contributed by atoms with Crippen LogP contribution < -0.4 is 14.8 Å². The summed E-state index contributed by atoms with van der Waals surface area (Å²) in [5.41, 5.74) is 4.19. The van der Waals surface area contributed by atoms with E-state index in [1.165, 1.54) is 11.1 Å². The molecule has 1 saturated heterocycles. The van der Waals surface area contributed by atoms with Gasteiger partial charge in [-0.2, -0.15) is 0 Å². The van der Waals surface area contributed by atoms with Gasteiger partial charge in [0.15, 0.2) is 17.3 Å². The van der Waals surface area contributed by atoms with E-state index in [0.29, 0.717) is 5.69 Å². The van der Waals surface area contributed by atoms with Gasteiger partial charge in [-0.25, -0.2) is 4.79 Å². The fourth-order valence-electron chi connectivity index (χ4n) is 4.73. The van der Waals surface area contributed by atoms with Crippen LogP contribution in [0.5, 0.6) is 11.5 Å². The number of fused-ring (bicyclic) bond motifs is 1. The zero-order valence-electron chi connectivity index (χ0n) is 23.1. The molecule has 208 valence electrons. The normalized spacial score (nSPS) is 16.1. The number of ketones is 1. The lowest BCUT2D eigenvalue weighted by atomic mass is 10.0. The van der Waals surface area contributed by atoms with Crippen LogP contribution >= 0.6 is 11.3 Å². The minimum absolute atomic E-state index is 0.0392. The van der Waals surface area contributed by atoms with Crippen LogP contribution in [0.3, 0.4) is 0 Å². The summed E-state index contributed by atoms with van der Waals surface area (Å²) >= 11 is 1.63. The molecule has 0 spiro atoms. The molecule has 2 aliphatic rings. The van der Waals surface area contributed by atoms with Crippen molar-refractivity contribution < 1.29 is 23.8 Å². The fraction of sp³-hybridized carbons (Fsp3) is 0.312. The van der Waals surface area contributed by atoms with Crippen LogP contribution in [0.15, 0.2) is 77.7 Å². The molecule has 3 aromatic rings. The van der Waals surface area contributed by atoms with Crippen LogP contribution in [-0.2, 0) is 22.5 Å². The zero-order chi connectivity index (χ0) is 28.1. The second-order valence-electron chi connectivity index (χ2n) is 11.0. The van der Waals surface area contributed by atoms with Crippen molar-refractivity contribution in [1.29, 1.82) is 0 Å². The number of allylic oxidation sites excluding steroid dienone is 3. The van der Waals surface area contributed by atoms with Gasteiger partial charge in [0.2, 0.25) is 6.79 Å². The first-order chi connectivity index (χ1) is 19.2. The van der Waals surface area contributed by atoms with Crippen LogP contribution in [0.25, 0.3) is 10.4 Å². The Bertz CT molecular complexity index is 1440. The van der Waals surface area contributed by atoms with Crippen molar-refractivity contribution in [2.24, 2.45) is 0 Å². The average Bonchev–Trinajstić information content (AvgIpc) is 3.66. The number of benzene rings is 2. The first-order valence-corrected chi connectivity index (χ1v) is 14.3. The molecule has 5 rings (SSSR count). The molecule has 0 saturated carbocycles. The molecule has 0 aliphatic carbocycles. The highest BCUT2D eigenvalue weighted by atomic mass is 32.1. The summed E-state index contributed by atoms with van der Waals surface area (Å²) in [5, 5.41) is 4.83. The topological polar surface area (TPSA) is 77.1 Å². The average molecular weight is 559 g/mol. The second kappa shape index (κ2) is 12.1. The molecule has 1 N–H and O–H groups in total. The smallest absolute Gasteiger partial charge is 0.412 e. The van der Waals surface area contributed by atoms with Crippen molar-refractivity contribution in [1.82, 2.24) is 4.90 Å². The van der Waals surface area contributed by atoms with E-state index >= 15 is 0 Å². The Morgan fingerprint density at radius 3 is 2.75 bits per heavy atom. The number of carbonyl (C=O) groups excluding carboxylic acids is 2. The number of thiophene rings is 1. The quantitative estimate of drug-likeness (QED) is 0.300. The van der Waals surface area contributed by atoms with Gasteiger partial charge >= 0.3 is 6.09 Å². The number of hydrogen-bond donors (Lipinski definition) is 1. The van der Waals surface area contributed by atoms with Crippen LogP contribution in [0, 0.1) is 0 Å². The molecule has 8 heteroatoms. The summed E-state index contributed by atoms with van der Waals surface area (Å²) in [5.74, 6) is 1.56. The molecular weight excluding hydrogens is 524 g/mol. The molecule has 2 aromatic carbocycles. The maximum absolute atomic E-state index is 13.0. The van der Waals surface area contributed by atoms with Gasteiger partial charge in [-0.05, 0) is 85.7 Å². The molecular formula is C32H34N2O5S. The van der Waals surface area contributed by atoms with Gasteiger partial charge in [-0.15, -0.1) is 11.3 Å². The van der Waals surface area contributed by atoms with E-state index in [9.17, 15) is 9.59 Å². The molecule has 1 fully saturated rings. The molecule has 0 atom stereocenters. The number of carbonyl (C=O) groups is 2. The van der Waals surface area contributed by atoms with Gasteiger partial charge < -0.3 is 14.2 Å². The Hall–Kier alpha value is -3.88. The van der Waals surface area contributed by atoms with Gasteiger partial charge in [0.25, 0.3) is 0 Å². The Labute approximate surface area is 239 Å². The van der Waals surface area contributed by atoms with E-state index in [4.69, 9.17) is 14.2 Å². The van der Waals surface area contributed by atoms with Crippen molar-refractivity contribution in [2.45, 2.75) is 45.8 Å². The van der Waals surface area contributed by atoms with Gasteiger partial charge in [0, 0.05) is 36.6 Å². The van der Waals surface area contributed by atoms with E-state index < -0.39 is 11.7 Å². The summed E-state index contributed by atoms with van der Waals surface area (Å²) in [4.78, 5) is 28.9. The predicted octanol–water partition coefficient (Wildman–Crippen LogP) is 6.99. The summed E-state index contributed by atoms with van der Waals surface area (Å²) in [7, 11) is 0. The third-order valence-electron chi connectivity index (χ3n) is 6.54. The van der Waals surface area contributed by atoms with Crippen LogP contribution in [-0.4, -0.2) is 42.3 Å². The third-order valence-corrected chi connectivity index (χ3v) is 7.46. The Morgan fingerprint density at radius 2 is 1.95 bits per heavy atom. The highest BCUT2D eigenvalue weighted by Gasteiger charge is 2.20. The number of ether oxygens (including phenoxy) is 3. The van der Waals surface area contributed by atoms with Crippen LogP contribution in [0.1, 0.15) is 38.3 Å². The van der Waals surface area contributed by atoms with Crippen molar-refractivity contribution in [3.05, 3.63) is 88.8 Å². The molecule has 0 radical (unpaired) electrons. The SMILES string of the molecule is CC(C)(C)OC(=O)Nc1ccc(-c2cccs2)cc1CC(=O)/C=C/C=C1CCN(Cc2ccc3c(c2)OCO3)C1. The van der Waals surface area contributed by atoms with Crippen molar-refractivity contribution in [3.63, 3.8) is 0 Å². The molecule has 2 aliphatic heterocycles. The Morgan fingerprint density at radius 1 is 1.10 bits per heavy atom. The lowest BCUT2D eigenvalue weighted by molar-refractivity contribution is -0.114. The third kappa shape index (κ3) is 7.40. The number of nitrogens with one attached hydrogen (secondary N) is 1. The summed E-state index contributed by atoms with van der Waals surface area (Å²) in [6, 6.07) is 15.9. The highest BCUT2D eigenvalue weighted by molar-refractivity contribution is 7.13. The maximum Gasteiger partial charge on any atom is 0.412 e. The summed E-state index contributed by atoms with van der Waals surface area (Å²) in [6.07, 6.45) is 6.08. The lowest BCUT2D eigenvalue weighted by Crippen LogP contribution is -2.27. The fourth-order valence-corrected chi connectivity index (χ4v) is 5.45. The predicted molar refractivity (Wildman–Crippen MR) is 158 cm³/mol. The molecule has 7 nitrogen and oxygen atoms in total. The first-order valence-electron chi connectivity index (χ1n) is 13.4. The van der Waals surface area contributed by atoms with E-state index in [1.807, 2.05) is 80.8 Å². The van der Waals surface area contributed by atoms with E-state index in [1.54, 1.807) is 17.4 Å². The minimum Gasteiger partial charge on any atom is -0.454 e. The van der Waals surface area contributed by atoms with E-state index in [2.05, 4.69) is 16.3 Å². The molecule has 0 unspecified atom stereocenters. The largest absolute Gasteiger partial charge is 0.454 e. The maximum atomic E-state index is 13.0. The molecule has 3 heterocycles.